The molecule has 84 heavy (non-hydrogen) atoms. The highest BCUT2D eigenvalue weighted by Crippen LogP contribution is 2.38. The summed E-state index contributed by atoms with van der Waals surface area (Å²) in [4.78, 5) is 40.2. The number of carbonyl (C=O) groups is 2. The Kier molecular flexibility index (Phi) is 61.1. The van der Waals surface area contributed by atoms with Gasteiger partial charge in [0.05, 0.1) is 33.8 Å². The summed E-state index contributed by atoms with van der Waals surface area (Å²) in [6.07, 6.45) is 84.2. The number of allylic oxidation sites excluding steroid dienone is 13. The lowest BCUT2D eigenvalue weighted by Gasteiger charge is -2.30. The number of unbranched alkanes of at least 4 members (excludes halogenated alkanes) is 36. The fourth-order valence-corrected chi connectivity index (χ4v) is 10.9. The standard InChI is InChI=1S/C74H135N2O7P/c1-7-10-13-16-19-22-25-28-30-32-34-36-38-40-42-44-46-48-51-54-57-60-63-66-73(77)75-71(70-82-84(79,80)81-69-68-76(4,5)6)72(65-62-59-56-53-50-27-24-21-18-15-12-9-3)83-74(78)67-64-61-58-55-52-49-47-45-43-41-39-37-35-33-31-29-26-23-20-17-14-11-8-2/h10,13,19,22,28-31,34,36,40,42,62,65,71-72H,7-9,11-12,14-18,20-21,23-27,32-33,35,37-39,41,43-61,63-64,66-70H2,1-6H3,(H-,75,77,79,80)/b13-10-,22-19-,30-28-,31-29+,36-34-,42-40-,65-62+. The Morgan fingerprint density at radius 2 is 0.762 bits per heavy atom. The quantitative estimate of drug-likeness (QED) is 0.0212. The first-order valence-electron chi connectivity index (χ1n) is 35.4. The molecular formula is C74H135N2O7P. The third-order valence-electron chi connectivity index (χ3n) is 15.6. The number of carbonyl (C=O) groups excluding carboxylic acids is 2. The first kappa shape index (κ1) is 81.2. The zero-order chi connectivity index (χ0) is 61.4. The molecule has 1 amide bonds. The predicted molar refractivity (Wildman–Crippen MR) is 362 cm³/mol. The molecule has 0 saturated heterocycles. The van der Waals surface area contributed by atoms with Gasteiger partial charge in [-0.1, -0.05) is 292 Å². The maximum Gasteiger partial charge on any atom is 0.306 e. The van der Waals surface area contributed by atoms with E-state index < -0.39 is 26.6 Å². The molecule has 0 bridgehead atoms. The maximum atomic E-state index is 13.6. The van der Waals surface area contributed by atoms with Gasteiger partial charge in [-0.25, -0.2) is 0 Å². The number of hydrogen-bond acceptors (Lipinski definition) is 7. The number of quaternary nitrogens is 1. The summed E-state index contributed by atoms with van der Waals surface area (Å²) in [7, 11) is 1.18. The van der Waals surface area contributed by atoms with Gasteiger partial charge < -0.3 is 28.5 Å². The molecule has 3 unspecified atom stereocenters. The molecule has 0 fully saturated rings. The highest BCUT2D eigenvalue weighted by Gasteiger charge is 2.27. The van der Waals surface area contributed by atoms with E-state index in [0.717, 1.165) is 103 Å². The first-order valence-corrected chi connectivity index (χ1v) is 36.9. The van der Waals surface area contributed by atoms with Crippen molar-refractivity contribution in [3.63, 3.8) is 0 Å². The normalized spacial score (nSPS) is 14.0. The van der Waals surface area contributed by atoms with Crippen molar-refractivity contribution in [2.45, 2.75) is 335 Å². The fourth-order valence-electron chi connectivity index (χ4n) is 10.1. The number of rotatable bonds is 64. The van der Waals surface area contributed by atoms with Crippen molar-refractivity contribution in [3.05, 3.63) is 85.1 Å². The van der Waals surface area contributed by atoms with Gasteiger partial charge in [0.1, 0.15) is 19.3 Å². The van der Waals surface area contributed by atoms with Gasteiger partial charge in [-0.05, 0) is 102 Å². The molecule has 488 valence electrons. The van der Waals surface area contributed by atoms with Crippen LogP contribution in [-0.2, 0) is 27.9 Å². The van der Waals surface area contributed by atoms with Crippen molar-refractivity contribution in [2.75, 3.05) is 40.9 Å². The van der Waals surface area contributed by atoms with E-state index in [1.807, 2.05) is 33.3 Å². The molecule has 0 radical (unpaired) electrons. The molecule has 0 aromatic carbocycles. The number of nitrogens with one attached hydrogen (secondary N) is 1. The molecule has 0 aromatic rings. The molecule has 0 aliphatic rings. The molecule has 1 N–H and O–H groups in total. The fraction of sp³-hybridized carbons (Fsp3) is 0.784. The van der Waals surface area contributed by atoms with Crippen LogP contribution in [0.1, 0.15) is 323 Å². The summed E-state index contributed by atoms with van der Waals surface area (Å²) in [5.74, 6) is -0.547. The average molecular weight is 1200 g/mol. The minimum atomic E-state index is -4.71. The molecule has 0 spiro atoms. The van der Waals surface area contributed by atoms with Crippen LogP contribution in [0.2, 0.25) is 0 Å². The van der Waals surface area contributed by atoms with Crippen LogP contribution in [-0.4, -0.2) is 69.4 Å². The molecule has 0 saturated carbocycles. The third kappa shape index (κ3) is 63.7. The van der Waals surface area contributed by atoms with Crippen LogP contribution in [0.15, 0.2) is 85.1 Å². The zero-order valence-corrected chi connectivity index (χ0v) is 56.7. The topological polar surface area (TPSA) is 114 Å². The van der Waals surface area contributed by atoms with Crippen LogP contribution in [0, 0.1) is 0 Å². The van der Waals surface area contributed by atoms with E-state index >= 15 is 0 Å². The van der Waals surface area contributed by atoms with E-state index in [9.17, 15) is 19.0 Å². The van der Waals surface area contributed by atoms with E-state index in [2.05, 4.69) is 99.0 Å². The number of ether oxygens (including phenoxy) is 1. The van der Waals surface area contributed by atoms with Crippen LogP contribution < -0.4 is 10.2 Å². The highest BCUT2D eigenvalue weighted by atomic mass is 31.2. The molecule has 0 aliphatic carbocycles. The Labute approximate surface area is 520 Å². The summed E-state index contributed by atoms with van der Waals surface area (Å²) >= 11 is 0. The molecule has 3 atom stereocenters. The van der Waals surface area contributed by atoms with Gasteiger partial charge in [-0.3, -0.25) is 14.2 Å². The van der Waals surface area contributed by atoms with Crippen LogP contribution in [0.3, 0.4) is 0 Å². The Hall–Kier alpha value is -2.81. The second-order valence-electron chi connectivity index (χ2n) is 25.0. The van der Waals surface area contributed by atoms with Gasteiger partial charge in [0.2, 0.25) is 5.91 Å². The van der Waals surface area contributed by atoms with Crippen LogP contribution >= 0.6 is 7.82 Å². The summed E-state index contributed by atoms with van der Waals surface area (Å²) in [5, 5.41) is 3.04. The van der Waals surface area contributed by atoms with E-state index in [4.69, 9.17) is 13.8 Å². The number of phosphoric ester groups is 1. The predicted octanol–water partition coefficient (Wildman–Crippen LogP) is 21.9. The number of amides is 1. The lowest BCUT2D eigenvalue weighted by molar-refractivity contribution is -0.870. The lowest BCUT2D eigenvalue weighted by Crippen LogP contribution is -2.47. The van der Waals surface area contributed by atoms with Gasteiger partial charge in [0.25, 0.3) is 7.82 Å². The molecule has 9 nitrogen and oxygen atoms in total. The highest BCUT2D eigenvalue weighted by molar-refractivity contribution is 7.45. The van der Waals surface area contributed by atoms with Crippen molar-refractivity contribution in [1.29, 1.82) is 0 Å². The van der Waals surface area contributed by atoms with Crippen LogP contribution in [0.5, 0.6) is 0 Å². The van der Waals surface area contributed by atoms with Crippen molar-refractivity contribution in [1.82, 2.24) is 5.32 Å². The van der Waals surface area contributed by atoms with Gasteiger partial charge in [0.15, 0.2) is 0 Å². The maximum absolute atomic E-state index is 13.6. The van der Waals surface area contributed by atoms with E-state index in [1.165, 1.54) is 186 Å². The van der Waals surface area contributed by atoms with Gasteiger partial charge in [-0.15, -0.1) is 0 Å². The Bertz CT molecular complexity index is 1710. The van der Waals surface area contributed by atoms with Gasteiger partial charge in [-0.2, -0.15) is 0 Å². The van der Waals surface area contributed by atoms with E-state index in [0.29, 0.717) is 17.4 Å². The minimum absolute atomic E-state index is 0.0270. The summed E-state index contributed by atoms with van der Waals surface area (Å²) in [6, 6.07) is -0.899. The van der Waals surface area contributed by atoms with Crippen molar-refractivity contribution in [3.8, 4) is 0 Å². The van der Waals surface area contributed by atoms with Gasteiger partial charge in [0, 0.05) is 12.8 Å². The third-order valence-corrected chi connectivity index (χ3v) is 16.5. The summed E-state index contributed by atoms with van der Waals surface area (Å²) in [5.41, 5.74) is 0. The molecule has 10 heteroatoms. The molecule has 0 heterocycles. The summed E-state index contributed by atoms with van der Waals surface area (Å²) < 4.78 is 30.4. The molecule has 0 rings (SSSR count). The smallest absolute Gasteiger partial charge is 0.306 e. The first-order chi connectivity index (χ1) is 40.9. The van der Waals surface area contributed by atoms with E-state index in [-0.39, 0.29) is 24.9 Å². The molecular weight excluding hydrogens is 1060 g/mol. The SMILES string of the molecule is CC/C=C\C/C=C\C/C=C\C/C=C\C/C=C\CCCCCCCCCC(=O)NC(COP(=O)([O-])OCC[N+](C)(C)C)C(/C=C/CCCCCCCCCCCC)OC(=O)CCCCCCCCCCCCCCC/C=C/CCCCCCCC. The number of esters is 1. The number of likely N-dealkylation sites (N-methyl/N-ethyl adjacent to an activating group) is 1. The average Bonchev–Trinajstić information content (AvgIpc) is 3.64. The van der Waals surface area contributed by atoms with Crippen molar-refractivity contribution >= 4 is 19.7 Å². The zero-order valence-electron chi connectivity index (χ0n) is 55.8. The van der Waals surface area contributed by atoms with Crippen molar-refractivity contribution in [2.24, 2.45) is 0 Å². The molecule has 0 aliphatic heterocycles. The number of phosphoric acid groups is 1. The monoisotopic (exact) mass is 1200 g/mol. The Balaban J connectivity index is 5.10. The number of hydrogen-bond donors (Lipinski definition) is 1. The van der Waals surface area contributed by atoms with Crippen molar-refractivity contribution < 1.29 is 37.3 Å². The number of nitrogens with zero attached hydrogens (tertiary/aromatic N) is 1. The Morgan fingerprint density at radius 1 is 0.429 bits per heavy atom. The lowest BCUT2D eigenvalue weighted by atomic mass is 10.0. The molecule has 0 aromatic heterocycles. The minimum Gasteiger partial charge on any atom is -0.756 e. The van der Waals surface area contributed by atoms with E-state index in [1.54, 1.807) is 0 Å². The second kappa shape index (κ2) is 63.2. The Morgan fingerprint density at radius 3 is 1.15 bits per heavy atom. The second-order valence-corrected chi connectivity index (χ2v) is 26.4. The summed E-state index contributed by atoms with van der Waals surface area (Å²) in [6.45, 7) is 6.75. The van der Waals surface area contributed by atoms with Gasteiger partial charge >= 0.3 is 5.97 Å². The largest absolute Gasteiger partial charge is 0.756 e. The van der Waals surface area contributed by atoms with Crippen LogP contribution in [0.25, 0.3) is 0 Å². The van der Waals surface area contributed by atoms with Crippen LogP contribution in [0.4, 0.5) is 0 Å².